The Bertz CT molecular complexity index is 396. The van der Waals surface area contributed by atoms with Crippen LogP contribution in [0.2, 0.25) is 5.15 Å². The summed E-state index contributed by atoms with van der Waals surface area (Å²) in [6, 6.07) is 1.68. The second-order valence-corrected chi connectivity index (χ2v) is 4.64. The van der Waals surface area contributed by atoms with Crippen LogP contribution < -0.4 is 5.73 Å². The molecule has 0 radical (unpaired) electrons. The summed E-state index contributed by atoms with van der Waals surface area (Å²) >= 11 is 5.77. The summed E-state index contributed by atoms with van der Waals surface area (Å²) in [4.78, 5) is 3.79. The average Bonchev–Trinajstić information content (AvgIpc) is 3.06. The summed E-state index contributed by atoms with van der Waals surface area (Å²) in [5.41, 5.74) is 6.20. The molecule has 1 atom stereocenters. The molecule has 1 aromatic rings. The molecule has 2 rings (SSSR count). The maximum atomic E-state index is 9.88. The zero-order valence-electron chi connectivity index (χ0n) is 8.86. The minimum atomic E-state index is -0.689. The first kappa shape index (κ1) is 11.6. The highest BCUT2D eigenvalue weighted by Crippen LogP contribution is 2.48. The molecule has 5 heteroatoms. The lowest BCUT2D eigenvalue weighted by atomic mass is 9.83. The molecule has 1 aliphatic carbocycles. The highest BCUT2D eigenvalue weighted by atomic mass is 35.5. The molecule has 0 bridgehead atoms. The van der Waals surface area contributed by atoms with Gasteiger partial charge in [-0.25, -0.2) is 4.98 Å². The second kappa shape index (κ2) is 4.20. The van der Waals surface area contributed by atoms with Gasteiger partial charge in [0, 0.05) is 23.9 Å². The molecule has 0 aliphatic heterocycles. The van der Waals surface area contributed by atoms with Crippen molar-refractivity contribution in [2.45, 2.75) is 24.8 Å². The van der Waals surface area contributed by atoms with Crippen molar-refractivity contribution < 1.29 is 10.2 Å². The minimum Gasteiger partial charge on any atom is -0.504 e. The molecule has 16 heavy (non-hydrogen) atoms. The number of aliphatic hydroxyl groups is 1. The summed E-state index contributed by atoms with van der Waals surface area (Å²) < 4.78 is 0. The molecule has 1 fully saturated rings. The number of rotatable bonds is 4. The third-order valence-corrected chi connectivity index (χ3v) is 3.49. The van der Waals surface area contributed by atoms with Gasteiger partial charge in [-0.2, -0.15) is 0 Å². The standard InChI is InChI=1S/C11H15ClN2O2/c12-10-9(16)8(3-5-14-10)11(13,4-6-15)7-1-2-7/h3,5,7,15-16H,1-2,4,6,13H2. The first-order valence-corrected chi connectivity index (χ1v) is 5.71. The van der Waals surface area contributed by atoms with Crippen molar-refractivity contribution in [3.63, 3.8) is 0 Å². The van der Waals surface area contributed by atoms with E-state index in [0.717, 1.165) is 12.8 Å². The molecule has 1 saturated carbocycles. The van der Waals surface area contributed by atoms with Crippen molar-refractivity contribution >= 4 is 11.6 Å². The Morgan fingerprint density at radius 3 is 2.81 bits per heavy atom. The van der Waals surface area contributed by atoms with Crippen molar-refractivity contribution in [2.75, 3.05) is 6.61 Å². The van der Waals surface area contributed by atoms with E-state index >= 15 is 0 Å². The van der Waals surface area contributed by atoms with Gasteiger partial charge in [0.15, 0.2) is 10.9 Å². The van der Waals surface area contributed by atoms with E-state index in [1.54, 1.807) is 6.07 Å². The summed E-state index contributed by atoms with van der Waals surface area (Å²) in [5, 5.41) is 19.0. The summed E-state index contributed by atoms with van der Waals surface area (Å²) in [6.07, 6.45) is 4.00. The quantitative estimate of drug-likeness (QED) is 0.697. The van der Waals surface area contributed by atoms with Gasteiger partial charge in [-0.1, -0.05) is 11.6 Å². The predicted molar refractivity (Wildman–Crippen MR) is 61.2 cm³/mol. The fourth-order valence-electron chi connectivity index (χ4n) is 2.15. The number of aromatic hydroxyl groups is 1. The van der Waals surface area contributed by atoms with Gasteiger partial charge in [0.2, 0.25) is 0 Å². The van der Waals surface area contributed by atoms with Gasteiger partial charge < -0.3 is 15.9 Å². The smallest absolute Gasteiger partial charge is 0.171 e. The lowest BCUT2D eigenvalue weighted by Gasteiger charge is -2.30. The average molecular weight is 243 g/mol. The number of pyridine rings is 1. The minimum absolute atomic E-state index is 0.00756. The maximum Gasteiger partial charge on any atom is 0.171 e. The Labute approximate surface area is 99.1 Å². The molecular formula is C11H15ClN2O2. The largest absolute Gasteiger partial charge is 0.504 e. The van der Waals surface area contributed by atoms with E-state index < -0.39 is 5.54 Å². The fraction of sp³-hybridized carbons (Fsp3) is 0.545. The van der Waals surface area contributed by atoms with Crippen LogP contribution in [0.1, 0.15) is 24.8 Å². The first-order valence-electron chi connectivity index (χ1n) is 5.33. The molecule has 1 aromatic heterocycles. The number of nitrogens with zero attached hydrogens (tertiary/aromatic N) is 1. The van der Waals surface area contributed by atoms with Crippen LogP contribution in [0.5, 0.6) is 5.75 Å². The molecule has 1 heterocycles. The van der Waals surface area contributed by atoms with Crippen LogP contribution in [0, 0.1) is 5.92 Å². The van der Waals surface area contributed by atoms with Crippen molar-refractivity contribution in [3.05, 3.63) is 23.0 Å². The highest BCUT2D eigenvalue weighted by molar-refractivity contribution is 6.30. The monoisotopic (exact) mass is 242 g/mol. The van der Waals surface area contributed by atoms with Crippen LogP contribution in [0.25, 0.3) is 0 Å². The van der Waals surface area contributed by atoms with Crippen molar-refractivity contribution in [3.8, 4) is 5.75 Å². The van der Waals surface area contributed by atoms with Crippen LogP contribution >= 0.6 is 11.6 Å². The number of halogens is 1. The summed E-state index contributed by atoms with van der Waals surface area (Å²) in [5.74, 6) is 0.246. The van der Waals surface area contributed by atoms with Crippen molar-refractivity contribution in [1.82, 2.24) is 4.98 Å². The maximum absolute atomic E-state index is 9.88. The normalized spacial score (nSPS) is 19.4. The Morgan fingerprint density at radius 1 is 1.56 bits per heavy atom. The highest BCUT2D eigenvalue weighted by Gasteiger charge is 2.44. The van der Waals surface area contributed by atoms with Gasteiger partial charge in [0.25, 0.3) is 0 Å². The second-order valence-electron chi connectivity index (χ2n) is 4.29. The van der Waals surface area contributed by atoms with E-state index in [4.69, 9.17) is 22.4 Å². The van der Waals surface area contributed by atoms with E-state index in [2.05, 4.69) is 4.98 Å². The number of aromatic nitrogens is 1. The van der Waals surface area contributed by atoms with Crippen LogP contribution in [-0.4, -0.2) is 21.8 Å². The molecule has 1 aliphatic rings. The van der Waals surface area contributed by atoms with E-state index in [-0.39, 0.29) is 17.5 Å². The first-order chi connectivity index (χ1) is 7.59. The molecule has 0 aromatic carbocycles. The van der Waals surface area contributed by atoms with Crippen LogP contribution in [0.4, 0.5) is 0 Å². The topological polar surface area (TPSA) is 79.4 Å². The fourth-order valence-corrected chi connectivity index (χ4v) is 2.30. The van der Waals surface area contributed by atoms with Gasteiger partial charge in [0.1, 0.15) is 0 Å². The molecular weight excluding hydrogens is 228 g/mol. The van der Waals surface area contributed by atoms with Gasteiger partial charge in [-0.15, -0.1) is 0 Å². The molecule has 88 valence electrons. The zero-order valence-corrected chi connectivity index (χ0v) is 9.61. The third-order valence-electron chi connectivity index (χ3n) is 3.21. The van der Waals surface area contributed by atoms with Crippen LogP contribution in [0.15, 0.2) is 12.3 Å². The number of hydrogen-bond donors (Lipinski definition) is 3. The van der Waals surface area contributed by atoms with Gasteiger partial charge in [-0.05, 0) is 31.2 Å². The predicted octanol–water partition coefficient (Wildman–Crippen LogP) is 1.39. The lowest BCUT2D eigenvalue weighted by molar-refractivity contribution is 0.220. The summed E-state index contributed by atoms with van der Waals surface area (Å²) in [6.45, 7) is -0.00756. The molecule has 0 spiro atoms. The number of aliphatic hydroxyl groups excluding tert-OH is 1. The molecule has 0 amide bonds. The Kier molecular flexibility index (Phi) is 3.06. The lowest BCUT2D eigenvalue weighted by Crippen LogP contribution is -2.40. The SMILES string of the molecule is NC(CCO)(c1ccnc(Cl)c1O)C1CC1. The number of hydrogen-bond acceptors (Lipinski definition) is 4. The van der Waals surface area contributed by atoms with E-state index in [1.807, 2.05) is 0 Å². The van der Waals surface area contributed by atoms with Crippen molar-refractivity contribution in [1.29, 1.82) is 0 Å². The van der Waals surface area contributed by atoms with Gasteiger partial charge in [-0.3, -0.25) is 0 Å². The molecule has 4 N–H and O–H groups in total. The zero-order chi connectivity index (χ0) is 11.8. The van der Waals surface area contributed by atoms with Gasteiger partial charge >= 0.3 is 0 Å². The molecule has 0 saturated heterocycles. The van der Waals surface area contributed by atoms with E-state index in [1.165, 1.54) is 6.20 Å². The van der Waals surface area contributed by atoms with Crippen LogP contribution in [0.3, 0.4) is 0 Å². The van der Waals surface area contributed by atoms with Crippen molar-refractivity contribution in [2.24, 2.45) is 11.7 Å². The van der Waals surface area contributed by atoms with E-state index in [9.17, 15) is 5.11 Å². The third kappa shape index (κ3) is 1.88. The van der Waals surface area contributed by atoms with E-state index in [0.29, 0.717) is 17.9 Å². The Balaban J connectivity index is 2.42. The Morgan fingerprint density at radius 2 is 2.25 bits per heavy atom. The Hall–Kier alpha value is -0.840. The number of nitrogens with two attached hydrogens (primary N) is 1. The molecule has 1 unspecified atom stereocenters. The molecule has 4 nitrogen and oxygen atoms in total. The summed E-state index contributed by atoms with van der Waals surface area (Å²) in [7, 11) is 0. The van der Waals surface area contributed by atoms with Gasteiger partial charge in [0.05, 0.1) is 0 Å². The van der Waals surface area contributed by atoms with Crippen LogP contribution in [-0.2, 0) is 5.54 Å².